The van der Waals surface area contributed by atoms with Crippen LogP contribution in [0.1, 0.15) is 38.2 Å². The molecule has 0 aliphatic carbocycles. The Labute approximate surface area is 105 Å². The highest BCUT2D eigenvalue weighted by molar-refractivity contribution is 5.42. The van der Waals surface area contributed by atoms with E-state index in [-0.39, 0.29) is 0 Å². The van der Waals surface area contributed by atoms with Crippen LogP contribution in [0, 0.1) is 5.92 Å². The van der Waals surface area contributed by atoms with Crippen molar-refractivity contribution in [2.24, 2.45) is 5.92 Å². The molecule has 0 amide bonds. The Morgan fingerprint density at radius 2 is 2.24 bits per heavy atom. The Morgan fingerprint density at radius 1 is 1.41 bits per heavy atom. The van der Waals surface area contributed by atoms with Crippen LogP contribution in [0.2, 0.25) is 0 Å². The summed E-state index contributed by atoms with van der Waals surface area (Å²) in [6.07, 6.45) is 2.62. The molecule has 0 bridgehead atoms. The van der Waals surface area contributed by atoms with E-state index in [0.717, 1.165) is 11.6 Å². The maximum Gasteiger partial charge on any atom is 0.0316 e. The second kappa shape index (κ2) is 5.54. The zero-order chi connectivity index (χ0) is 12.3. The van der Waals surface area contributed by atoms with Crippen molar-refractivity contribution in [3.05, 3.63) is 29.8 Å². The first-order valence-corrected chi connectivity index (χ1v) is 6.73. The standard InChI is InChI=1S/C15H24N2/c1-12(2)10-17-8-4-6-14(11-17)13-5-3-7-15(16)9-13/h3,5,7,9,12,14H,4,6,8,10-11,16H2,1-2H3. The third-order valence-corrected chi connectivity index (χ3v) is 3.51. The van der Waals surface area contributed by atoms with Gasteiger partial charge in [0.25, 0.3) is 0 Å². The molecule has 2 N–H and O–H groups in total. The largest absolute Gasteiger partial charge is 0.399 e. The number of piperidine rings is 1. The molecule has 1 saturated heterocycles. The number of likely N-dealkylation sites (tertiary alicyclic amines) is 1. The molecule has 1 aliphatic heterocycles. The van der Waals surface area contributed by atoms with E-state index in [9.17, 15) is 0 Å². The number of anilines is 1. The lowest BCUT2D eigenvalue weighted by molar-refractivity contribution is 0.188. The van der Waals surface area contributed by atoms with Gasteiger partial charge in [0.15, 0.2) is 0 Å². The zero-order valence-electron chi connectivity index (χ0n) is 11.0. The van der Waals surface area contributed by atoms with E-state index in [0.29, 0.717) is 5.92 Å². The first kappa shape index (κ1) is 12.4. The Bertz CT molecular complexity index is 360. The number of rotatable bonds is 3. The molecule has 0 saturated carbocycles. The van der Waals surface area contributed by atoms with Crippen LogP contribution < -0.4 is 5.73 Å². The van der Waals surface area contributed by atoms with Crippen LogP contribution >= 0.6 is 0 Å². The number of hydrogen-bond donors (Lipinski definition) is 1. The van der Waals surface area contributed by atoms with E-state index in [2.05, 4.69) is 36.9 Å². The predicted molar refractivity (Wildman–Crippen MR) is 74.1 cm³/mol. The molecule has 17 heavy (non-hydrogen) atoms. The molecular formula is C15H24N2. The van der Waals surface area contributed by atoms with Crippen molar-refractivity contribution in [3.8, 4) is 0 Å². The maximum absolute atomic E-state index is 5.87. The Hall–Kier alpha value is -1.02. The molecule has 1 unspecified atom stereocenters. The van der Waals surface area contributed by atoms with Crippen LogP contribution in [-0.4, -0.2) is 24.5 Å². The van der Waals surface area contributed by atoms with Crippen molar-refractivity contribution in [2.75, 3.05) is 25.4 Å². The van der Waals surface area contributed by atoms with Crippen molar-refractivity contribution < 1.29 is 0 Å². The van der Waals surface area contributed by atoms with Gasteiger partial charge in [0.05, 0.1) is 0 Å². The molecule has 1 fully saturated rings. The zero-order valence-corrected chi connectivity index (χ0v) is 11.0. The normalized spacial score (nSPS) is 21.9. The maximum atomic E-state index is 5.87. The molecule has 2 nitrogen and oxygen atoms in total. The van der Waals surface area contributed by atoms with Crippen molar-refractivity contribution >= 4 is 5.69 Å². The fourth-order valence-electron chi connectivity index (χ4n) is 2.82. The highest BCUT2D eigenvalue weighted by atomic mass is 15.1. The quantitative estimate of drug-likeness (QED) is 0.811. The number of nitrogen functional groups attached to an aromatic ring is 1. The molecule has 1 heterocycles. The Kier molecular flexibility index (Phi) is 4.06. The third kappa shape index (κ3) is 3.47. The number of benzene rings is 1. The van der Waals surface area contributed by atoms with Crippen molar-refractivity contribution in [1.29, 1.82) is 0 Å². The summed E-state index contributed by atoms with van der Waals surface area (Å²) in [5, 5.41) is 0. The summed E-state index contributed by atoms with van der Waals surface area (Å²) < 4.78 is 0. The summed E-state index contributed by atoms with van der Waals surface area (Å²) in [5.41, 5.74) is 8.17. The van der Waals surface area contributed by atoms with Gasteiger partial charge in [-0.25, -0.2) is 0 Å². The van der Waals surface area contributed by atoms with Crippen LogP contribution in [-0.2, 0) is 0 Å². The minimum Gasteiger partial charge on any atom is -0.399 e. The molecule has 1 aromatic carbocycles. The first-order valence-electron chi connectivity index (χ1n) is 6.73. The third-order valence-electron chi connectivity index (χ3n) is 3.51. The van der Waals surface area contributed by atoms with Crippen LogP contribution in [0.15, 0.2) is 24.3 Å². The molecule has 0 spiro atoms. The first-order chi connectivity index (χ1) is 8.15. The van der Waals surface area contributed by atoms with E-state index in [1.54, 1.807) is 0 Å². The number of nitrogens with zero attached hydrogens (tertiary/aromatic N) is 1. The second-order valence-corrected chi connectivity index (χ2v) is 5.66. The summed E-state index contributed by atoms with van der Waals surface area (Å²) >= 11 is 0. The van der Waals surface area contributed by atoms with Crippen molar-refractivity contribution in [1.82, 2.24) is 4.90 Å². The SMILES string of the molecule is CC(C)CN1CCCC(c2cccc(N)c2)C1. The van der Waals surface area contributed by atoms with Crippen molar-refractivity contribution in [3.63, 3.8) is 0 Å². The van der Waals surface area contributed by atoms with E-state index < -0.39 is 0 Å². The Morgan fingerprint density at radius 3 is 2.94 bits per heavy atom. The summed E-state index contributed by atoms with van der Waals surface area (Å²) in [6.45, 7) is 8.27. The van der Waals surface area contributed by atoms with Gasteiger partial charge in [-0.15, -0.1) is 0 Å². The summed E-state index contributed by atoms with van der Waals surface area (Å²) in [5.74, 6) is 1.43. The fraction of sp³-hybridized carbons (Fsp3) is 0.600. The molecule has 2 heteroatoms. The van der Waals surface area contributed by atoms with Crippen LogP contribution in [0.4, 0.5) is 5.69 Å². The summed E-state index contributed by atoms with van der Waals surface area (Å²) in [7, 11) is 0. The topological polar surface area (TPSA) is 29.3 Å². The van der Waals surface area contributed by atoms with E-state index in [1.165, 1.54) is 38.0 Å². The lowest BCUT2D eigenvalue weighted by Gasteiger charge is -2.34. The van der Waals surface area contributed by atoms with E-state index >= 15 is 0 Å². The molecule has 1 aliphatic rings. The highest BCUT2D eigenvalue weighted by Crippen LogP contribution is 2.28. The molecule has 0 radical (unpaired) electrons. The van der Waals surface area contributed by atoms with Crippen LogP contribution in [0.25, 0.3) is 0 Å². The smallest absolute Gasteiger partial charge is 0.0316 e. The fourth-order valence-corrected chi connectivity index (χ4v) is 2.82. The minimum atomic E-state index is 0.672. The van der Waals surface area contributed by atoms with E-state index in [4.69, 9.17) is 5.73 Å². The van der Waals surface area contributed by atoms with Crippen LogP contribution in [0.3, 0.4) is 0 Å². The van der Waals surface area contributed by atoms with Gasteiger partial charge in [-0.2, -0.15) is 0 Å². The van der Waals surface area contributed by atoms with Crippen LogP contribution in [0.5, 0.6) is 0 Å². The van der Waals surface area contributed by atoms with Gasteiger partial charge in [0.1, 0.15) is 0 Å². The molecule has 94 valence electrons. The predicted octanol–water partition coefficient (Wildman–Crippen LogP) is 3.10. The molecule has 1 aromatic rings. The van der Waals surface area contributed by atoms with Gasteiger partial charge in [0, 0.05) is 18.8 Å². The van der Waals surface area contributed by atoms with Crippen molar-refractivity contribution in [2.45, 2.75) is 32.6 Å². The monoisotopic (exact) mass is 232 g/mol. The van der Waals surface area contributed by atoms with E-state index in [1.807, 2.05) is 6.07 Å². The van der Waals surface area contributed by atoms with Gasteiger partial charge in [-0.05, 0) is 48.9 Å². The highest BCUT2D eigenvalue weighted by Gasteiger charge is 2.21. The lowest BCUT2D eigenvalue weighted by atomic mass is 9.90. The average Bonchev–Trinajstić information content (AvgIpc) is 2.28. The molecule has 1 atom stereocenters. The van der Waals surface area contributed by atoms with Gasteiger partial charge in [-0.1, -0.05) is 26.0 Å². The van der Waals surface area contributed by atoms with Gasteiger partial charge < -0.3 is 10.6 Å². The van der Waals surface area contributed by atoms with Gasteiger partial charge in [-0.3, -0.25) is 0 Å². The number of nitrogens with two attached hydrogens (primary N) is 1. The molecular weight excluding hydrogens is 208 g/mol. The molecule has 0 aromatic heterocycles. The lowest BCUT2D eigenvalue weighted by Crippen LogP contribution is -2.36. The Balaban J connectivity index is 2.02. The summed E-state index contributed by atoms with van der Waals surface area (Å²) in [4.78, 5) is 2.60. The van der Waals surface area contributed by atoms with Gasteiger partial charge in [0.2, 0.25) is 0 Å². The minimum absolute atomic E-state index is 0.672. The molecule has 2 rings (SSSR count). The number of hydrogen-bond acceptors (Lipinski definition) is 2. The second-order valence-electron chi connectivity index (χ2n) is 5.66. The van der Waals surface area contributed by atoms with Gasteiger partial charge >= 0.3 is 0 Å². The average molecular weight is 232 g/mol. The summed E-state index contributed by atoms with van der Waals surface area (Å²) in [6, 6.07) is 8.41.